The molecule has 0 aliphatic heterocycles. The van der Waals surface area contributed by atoms with Crippen LogP contribution in [0.25, 0.3) is 0 Å². The van der Waals surface area contributed by atoms with Crippen molar-refractivity contribution in [2.75, 3.05) is 5.73 Å². The van der Waals surface area contributed by atoms with Crippen LogP contribution in [0.15, 0.2) is 54.6 Å². The number of ether oxygens (including phenoxy) is 1. The second-order valence-corrected chi connectivity index (χ2v) is 5.90. The second kappa shape index (κ2) is 6.69. The summed E-state index contributed by atoms with van der Waals surface area (Å²) >= 11 is 6.24. The summed E-state index contributed by atoms with van der Waals surface area (Å²) in [5, 5.41) is 10.0. The molecule has 0 saturated heterocycles. The summed E-state index contributed by atoms with van der Waals surface area (Å²) in [7, 11) is 0. The molecule has 0 aliphatic carbocycles. The maximum Gasteiger partial charge on any atom is 0.224 e. The number of rotatable bonds is 4. The van der Waals surface area contributed by atoms with Gasteiger partial charge < -0.3 is 10.5 Å². The summed E-state index contributed by atoms with van der Waals surface area (Å²) < 4.78 is 7.67. The zero-order chi connectivity index (χ0) is 17.1. The van der Waals surface area contributed by atoms with Gasteiger partial charge in [-0.05, 0) is 30.7 Å². The van der Waals surface area contributed by atoms with Crippen LogP contribution in [-0.4, -0.2) is 4.57 Å². The fraction of sp³-hybridized carbons (Fsp3) is 0.105. The maximum absolute atomic E-state index is 9.39. The molecule has 0 saturated carbocycles. The van der Waals surface area contributed by atoms with Gasteiger partial charge >= 0.3 is 0 Å². The van der Waals surface area contributed by atoms with Crippen LogP contribution in [0.2, 0.25) is 5.02 Å². The smallest absolute Gasteiger partial charge is 0.224 e. The summed E-state index contributed by atoms with van der Waals surface area (Å²) in [6.07, 6.45) is 0. The summed E-state index contributed by atoms with van der Waals surface area (Å²) in [6, 6.07) is 18.9. The number of hydrogen-bond donors (Lipinski definition) is 1. The van der Waals surface area contributed by atoms with Crippen LogP contribution >= 0.6 is 11.6 Å². The van der Waals surface area contributed by atoms with Gasteiger partial charge in [-0.15, -0.1) is 0 Å². The Labute approximate surface area is 145 Å². The molecule has 5 heteroatoms. The monoisotopic (exact) mass is 337 g/mol. The maximum atomic E-state index is 9.39. The van der Waals surface area contributed by atoms with E-state index in [1.54, 1.807) is 10.6 Å². The standard InChI is InChI=1S/C19H16ClN3O/c1-13-6-8-16(9-7-13)24-19-18(22)10-15(11-21)23(19)12-14-4-2-3-5-17(14)20/h2-10H,12,22H2,1H3. The van der Waals surface area contributed by atoms with Gasteiger partial charge in [0.05, 0.1) is 12.2 Å². The molecule has 4 nitrogen and oxygen atoms in total. The van der Waals surface area contributed by atoms with E-state index < -0.39 is 0 Å². The normalized spacial score (nSPS) is 10.4. The number of nitriles is 1. The molecule has 0 fully saturated rings. The average Bonchev–Trinajstić information content (AvgIpc) is 2.87. The molecule has 2 N–H and O–H groups in total. The lowest BCUT2D eigenvalue weighted by molar-refractivity contribution is 0.437. The Bertz CT molecular complexity index is 907. The van der Waals surface area contributed by atoms with E-state index in [-0.39, 0.29) is 0 Å². The molecular weight excluding hydrogens is 322 g/mol. The number of hydrogen-bond acceptors (Lipinski definition) is 3. The van der Waals surface area contributed by atoms with Crippen molar-refractivity contribution in [3.05, 3.63) is 76.4 Å². The van der Waals surface area contributed by atoms with Crippen molar-refractivity contribution in [2.24, 2.45) is 0 Å². The number of halogens is 1. The van der Waals surface area contributed by atoms with E-state index >= 15 is 0 Å². The molecule has 0 atom stereocenters. The highest BCUT2D eigenvalue weighted by atomic mass is 35.5. The SMILES string of the molecule is Cc1ccc(Oc2c(N)cc(C#N)n2Cc2ccccc2Cl)cc1. The third-order valence-corrected chi connectivity index (χ3v) is 4.08. The van der Waals surface area contributed by atoms with E-state index in [1.807, 2.05) is 55.5 Å². The fourth-order valence-electron chi connectivity index (χ4n) is 2.43. The van der Waals surface area contributed by atoms with Crippen LogP contribution in [0.1, 0.15) is 16.8 Å². The number of benzene rings is 2. The quantitative estimate of drug-likeness (QED) is 0.747. The Balaban J connectivity index is 2.00. The Morgan fingerprint density at radius 2 is 1.88 bits per heavy atom. The average molecular weight is 338 g/mol. The molecule has 24 heavy (non-hydrogen) atoms. The first-order valence-electron chi connectivity index (χ1n) is 7.45. The van der Waals surface area contributed by atoms with Gasteiger partial charge in [0.1, 0.15) is 17.5 Å². The minimum atomic E-state index is 0.404. The molecular formula is C19H16ClN3O. The third kappa shape index (κ3) is 3.22. The van der Waals surface area contributed by atoms with Crippen molar-refractivity contribution >= 4 is 17.3 Å². The number of nitrogens with zero attached hydrogens (tertiary/aromatic N) is 2. The van der Waals surface area contributed by atoms with E-state index in [2.05, 4.69) is 6.07 Å². The third-order valence-electron chi connectivity index (χ3n) is 3.71. The van der Waals surface area contributed by atoms with Gasteiger partial charge in [0.25, 0.3) is 0 Å². The van der Waals surface area contributed by atoms with E-state index in [0.29, 0.717) is 34.6 Å². The van der Waals surface area contributed by atoms with E-state index in [1.165, 1.54) is 0 Å². The number of aryl methyl sites for hydroxylation is 1. The van der Waals surface area contributed by atoms with Gasteiger partial charge in [0.15, 0.2) is 0 Å². The minimum Gasteiger partial charge on any atom is -0.439 e. The molecule has 0 radical (unpaired) electrons. The molecule has 3 aromatic rings. The van der Waals surface area contributed by atoms with Crippen LogP contribution in [0.4, 0.5) is 5.69 Å². The molecule has 0 unspecified atom stereocenters. The molecule has 0 amide bonds. The van der Waals surface area contributed by atoms with Crippen molar-refractivity contribution < 1.29 is 4.74 Å². The van der Waals surface area contributed by atoms with Crippen molar-refractivity contribution in [2.45, 2.75) is 13.5 Å². The first-order valence-corrected chi connectivity index (χ1v) is 7.83. The molecule has 120 valence electrons. The molecule has 1 heterocycles. The van der Waals surface area contributed by atoms with Gasteiger partial charge in [-0.3, -0.25) is 4.57 Å². The van der Waals surface area contributed by atoms with Crippen molar-refractivity contribution in [1.29, 1.82) is 5.26 Å². The number of nitrogen functional groups attached to an aromatic ring is 1. The van der Waals surface area contributed by atoms with Crippen molar-refractivity contribution in [1.82, 2.24) is 4.57 Å². The molecule has 2 aromatic carbocycles. The van der Waals surface area contributed by atoms with Crippen molar-refractivity contribution in [3.63, 3.8) is 0 Å². The highest BCUT2D eigenvalue weighted by Crippen LogP contribution is 2.32. The lowest BCUT2D eigenvalue weighted by Crippen LogP contribution is -2.05. The van der Waals surface area contributed by atoms with Crippen LogP contribution in [0.3, 0.4) is 0 Å². The topological polar surface area (TPSA) is 64.0 Å². The molecule has 0 spiro atoms. The Kier molecular flexibility index (Phi) is 4.45. The highest BCUT2D eigenvalue weighted by Gasteiger charge is 2.16. The van der Waals surface area contributed by atoms with E-state index in [9.17, 15) is 5.26 Å². The number of nitrogens with two attached hydrogens (primary N) is 1. The summed E-state index contributed by atoms with van der Waals surface area (Å²) in [5.74, 6) is 1.10. The van der Waals surface area contributed by atoms with E-state index in [4.69, 9.17) is 22.1 Å². The summed E-state index contributed by atoms with van der Waals surface area (Å²) in [6.45, 7) is 2.41. The van der Waals surface area contributed by atoms with Crippen LogP contribution < -0.4 is 10.5 Å². The zero-order valence-electron chi connectivity index (χ0n) is 13.2. The van der Waals surface area contributed by atoms with Crippen LogP contribution in [0, 0.1) is 18.3 Å². The first-order chi connectivity index (χ1) is 11.6. The van der Waals surface area contributed by atoms with Gasteiger partial charge in [-0.2, -0.15) is 5.26 Å². The lowest BCUT2D eigenvalue weighted by Gasteiger charge is -2.13. The van der Waals surface area contributed by atoms with Gasteiger partial charge in [0, 0.05) is 11.1 Å². The number of aromatic nitrogens is 1. The predicted molar refractivity (Wildman–Crippen MR) is 95.4 cm³/mol. The van der Waals surface area contributed by atoms with Gasteiger partial charge in [0.2, 0.25) is 5.88 Å². The minimum absolute atomic E-state index is 0.404. The Morgan fingerprint density at radius 3 is 2.54 bits per heavy atom. The molecule has 0 bridgehead atoms. The predicted octanol–water partition coefficient (Wildman–Crippen LogP) is 4.74. The van der Waals surface area contributed by atoms with E-state index in [0.717, 1.165) is 11.1 Å². The molecule has 0 aliphatic rings. The largest absolute Gasteiger partial charge is 0.439 e. The van der Waals surface area contributed by atoms with Crippen LogP contribution in [-0.2, 0) is 6.54 Å². The zero-order valence-corrected chi connectivity index (χ0v) is 13.9. The summed E-state index contributed by atoms with van der Waals surface area (Å²) in [4.78, 5) is 0. The Morgan fingerprint density at radius 1 is 1.17 bits per heavy atom. The highest BCUT2D eigenvalue weighted by molar-refractivity contribution is 6.31. The molecule has 1 aromatic heterocycles. The lowest BCUT2D eigenvalue weighted by atomic mass is 10.2. The van der Waals surface area contributed by atoms with Crippen molar-refractivity contribution in [3.8, 4) is 17.7 Å². The number of anilines is 1. The van der Waals surface area contributed by atoms with Gasteiger partial charge in [-0.1, -0.05) is 47.5 Å². The van der Waals surface area contributed by atoms with Gasteiger partial charge in [-0.25, -0.2) is 0 Å². The fourth-order valence-corrected chi connectivity index (χ4v) is 2.63. The Hall–Kier alpha value is -2.90. The summed E-state index contributed by atoms with van der Waals surface area (Å²) in [5.41, 5.74) is 8.93. The first kappa shape index (κ1) is 16.0. The van der Waals surface area contributed by atoms with Crippen LogP contribution in [0.5, 0.6) is 11.6 Å². The molecule has 3 rings (SSSR count). The second-order valence-electron chi connectivity index (χ2n) is 5.49.